The van der Waals surface area contributed by atoms with Crippen LogP contribution in [-0.4, -0.2) is 49.0 Å². The molecule has 0 unspecified atom stereocenters. The topological polar surface area (TPSA) is 63.0 Å². The number of hydrogen-bond acceptors (Lipinski definition) is 5. The third-order valence-corrected chi connectivity index (χ3v) is 4.09. The largest absolute Gasteiger partial charge is 0.490 e. The van der Waals surface area contributed by atoms with E-state index in [0.717, 1.165) is 25.8 Å². The molecule has 0 spiro atoms. The van der Waals surface area contributed by atoms with Crippen LogP contribution in [0.5, 0.6) is 5.75 Å². The van der Waals surface area contributed by atoms with Crippen LogP contribution in [0.2, 0.25) is 0 Å². The fourth-order valence-corrected chi connectivity index (χ4v) is 2.72. The van der Waals surface area contributed by atoms with E-state index < -0.39 is 0 Å². The second kappa shape index (κ2) is 7.45. The van der Waals surface area contributed by atoms with Crippen LogP contribution in [0, 0.1) is 0 Å². The maximum Gasteiger partial charge on any atom is 0.239 e. The average molecular weight is 308 g/mol. The quantitative estimate of drug-likeness (QED) is 0.796. The second-order valence-corrected chi connectivity index (χ2v) is 5.67. The van der Waals surface area contributed by atoms with Gasteiger partial charge in [0.15, 0.2) is 0 Å². The first-order valence-corrected chi connectivity index (χ1v) is 7.71. The van der Waals surface area contributed by atoms with Gasteiger partial charge in [0.25, 0.3) is 0 Å². The fraction of sp³-hybridized carbons (Fsp3) is 0.625. The van der Waals surface area contributed by atoms with E-state index in [-0.39, 0.29) is 23.1 Å². The van der Waals surface area contributed by atoms with Gasteiger partial charge in [-0.05, 0) is 6.42 Å². The Morgan fingerprint density at radius 2 is 2.14 bits per heavy atom. The van der Waals surface area contributed by atoms with Crippen molar-refractivity contribution in [2.75, 3.05) is 27.2 Å². The van der Waals surface area contributed by atoms with Gasteiger partial charge in [-0.25, -0.2) is 0 Å². The van der Waals surface area contributed by atoms with E-state index in [9.17, 15) is 9.59 Å². The Morgan fingerprint density at radius 1 is 1.36 bits per heavy atom. The lowest BCUT2D eigenvalue weighted by Crippen LogP contribution is -2.55. The molecule has 1 fully saturated rings. The Hall–Kier alpha value is -1.82. The van der Waals surface area contributed by atoms with Crippen LogP contribution in [0.25, 0.3) is 0 Å². The fourth-order valence-electron chi connectivity index (χ4n) is 2.72. The molecule has 22 heavy (non-hydrogen) atoms. The number of piperazine rings is 1. The summed E-state index contributed by atoms with van der Waals surface area (Å²) < 4.78 is 10.4. The van der Waals surface area contributed by atoms with Crippen LogP contribution in [0.15, 0.2) is 21.5 Å². The van der Waals surface area contributed by atoms with Gasteiger partial charge in [0, 0.05) is 26.2 Å². The molecule has 1 amide bonds. The molecule has 0 radical (unpaired) electrons. The van der Waals surface area contributed by atoms with Gasteiger partial charge >= 0.3 is 0 Å². The SMILES string of the molecule is CCCC[C@H]1C(=O)N(C)CCN1Cc1cc(=O)c(OC)co1. The highest BCUT2D eigenvalue weighted by Crippen LogP contribution is 2.19. The van der Waals surface area contributed by atoms with Crippen molar-refractivity contribution in [3.63, 3.8) is 0 Å². The lowest BCUT2D eigenvalue weighted by Gasteiger charge is -2.38. The second-order valence-electron chi connectivity index (χ2n) is 5.67. The zero-order valence-electron chi connectivity index (χ0n) is 13.5. The van der Waals surface area contributed by atoms with Crippen molar-refractivity contribution < 1.29 is 13.9 Å². The number of amides is 1. The molecule has 1 aromatic rings. The highest BCUT2D eigenvalue weighted by atomic mass is 16.5. The third kappa shape index (κ3) is 3.68. The molecule has 6 nitrogen and oxygen atoms in total. The van der Waals surface area contributed by atoms with Crippen LogP contribution in [0.1, 0.15) is 31.9 Å². The highest BCUT2D eigenvalue weighted by Gasteiger charge is 2.32. The van der Waals surface area contributed by atoms with Gasteiger partial charge in [-0.2, -0.15) is 0 Å². The normalized spacial score (nSPS) is 19.5. The van der Waals surface area contributed by atoms with Crippen LogP contribution in [0.4, 0.5) is 0 Å². The molecule has 122 valence electrons. The van der Waals surface area contributed by atoms with Gasteiger partial charge in [0.05, 0.1) is 19.7 Å². The van der Waals surface area contributed by atoms with Crippen LogP contribution >= 0.6 is 0 Å². The molecule has 2 rings (SSSR count). The smallest absolute Gasteiger partial charge is 0.239 e. The number of carbonyl (C=O) groups excluding carboxylic acids is 1. The molecule has 0 N–H and O–H groups in total. The van der Waals surface area contributed by atoms with E-state index in [1.807, 2.05) is 7.05 Å². The summed E-state index contributed by atoms with van der Waals surface area (Å²) >= 11 is 0. The van der Waals surface area contributed by atoms with Gasteiger partial charge in [-0.3, -0.25) is 14.5 Å². The molecule has 0 saturated carbocycles. The minimum absolute atomic E-state index is 0.133. The number of methoxy groups -OCH3 is 1. The summed E-state index contributed by atoms with van der Waals surface area (Å²) in [5.41, 5.74) is -0.200. The van der Waals surface area contributed by atoms with Gasteiger partial charge in [0.2, 0.25) is 17.1 Å². The number of nitrogens with zero attached hydrogens (tertiary/aromatic N) is 2. The Balaban J connectivity index is 2.13. The number of ether oxygens (including phenoxy) is 1. The minimum Gasteiger partial charge on any atom is -0.490 e. The molecular weight excluding hydrogens is 284 g/mol. The van der Waals surface area contributed by atoms with Crippen molar-refractivity contribution in [1.82, 2.24) is 9.80 Å². The Labute approximate surface area is 130 Å². The van der Waals surface area contributed by atoms with E-state index in [0.29, 0.717) is 18.8 Å². The Morgan fingerprint density at radius 3 is 2.77 bits per heavy atom. The molecule has 1 aromatic heterocycles. The summed E-state index contributed by atoms with van der Waals surface area (Å²) in [4.78, 5) is 28.1. The monoisotopic (exact) mass is 308 g/mol. The highest BCUT2D eigenvalue weighted by molar-refractivity contribution is 5.82. The van der Waals surface area contributed by atoms with Crippen LogP contribution in [-0.2, 0) is 11.3 Å². The molecular formula is C16H24N2O4. The lowest BCUT2D eigenvalue weighted by atomic mass is 10.0. The summed E-state index contributed by atoms with van der Waals surface area (Å²) in [6.45, 7) is 4.06. The summed E-state index contributed by atoms with van der Waals surface area (Å²) in [5, 5.41) is 0. The maximum atomic E-state index is 12.4. The molecule has 1 aliphatic rings. The number of hydrogen-bond donors (Lipinski definition) is 0. The van der Waals surface area contributed by atoms with Gasteiger partial charge < -0.3 is 14.1 Å². The minimum atomic E-state index is -0.200. The van der Waals surface area contributed by atoms with Crippen LogP contribution in [0.3, 0.4) is 0 Å². The van der Waals surface area contributed by atoms with Gasteiger partial charge in [0.1, 0.15) is 12.0 Å². The van der Waals surface area contributed by atoms with E-state index >= 15 is 0 Å². The molecule has 0 aliphatic carbocycles. The maximum absolute atomic E-state index is 12.4. The lowest BCUT2D eigenvalue weighted by molar-refractivity contribution is -0.141. The molecule has 1 atom stereocenters. The van der Waals surface area contributed by atoms with Crippen LogP contribution < -0.4 is 10.2 Å². The Bertz CT molecular complexity index is 570. The molecule has 1 aliphatic heterocycles. The third-order valence-electron chi connectivity index (χ3n) is 4.09. The molecule has 6 heteroatoms. The summed E-state index contributed by atoms with van der Waals surface area (Å²) in [6, 6.07) is 1.31. The van der Waals surface area contributed by atoms with E-state index in [1.165, 1.54) is 19.4 Å². The number of carbonyl (C=O) groups is 1. The zero-order chi connectivity index (χ0) is 16.1. The standard InChI is InChI=1S/C16H24N2O4/c1-4-5-6-13-16(20)17(2)7-8-18(13)10-12-9-14(19)15(21-3)11-22-12/h9,11,13H,4-8,10H2,1-3H3/t13-/m0/s1. The first-order valence-electron chi connectivity index (χ1n) is 7.71. The van der Waals surface area contributed by atoms with Crippen molar-refractivity contribution in [1.29, 1.82) is 0 Å². The van der Waals surface area contributed by atoms with Gasteiger partial charge in [-0.15, -0.1) is 0 Å². The summed E-state index contributed by atoms with van der Waals surface area (Å²) in [7, 11) is 3.28. The van der Waals surface area contributed by atoms with Crippen molar-refractivity contribution in [2.45, 2.75) is 38.8 Å². The first-order chi connectivity index (χ1) is 10.6. The first kappa shape index (κ1) is 16.5. The van der Waals surface area contributed by atoms with E-state index in [1.54, 1.807) is 4.90 Å². The summed E-state index contributed by atoms with van der Waals surface area (Å²) in [5.74, 6) is 0.904. The Kier molecular flexibility index (Phi) is 5.60. The van der Waals surface area contributed by atoms with Crippen molar-refractivity contribution in [2.24, 2.45) is 0 Å². The zero-order valence-corrected chi connectivity index (χ0v) is 13.5. The molecule has 0 bridgehead atoms. The van der Waals surface area contributed by atoms with Crippen molar-refractivity contribution >= 4 is 5.91 Å². The van der Waals surface area contributed by atoms with E-state index in [4.69, 9.17) is 9.15 Å². The van der Waals surface area contributed by atoms with Gasteiger partial charge in [-0.1, -0.05) is 19.8 Å². The van der Waals surface area contributed by atoms with Crippen molar-refractivity contribution in [3.8, 4) is 5.75 Å². The predicted octanol–water partition coefficient (Wildman–Crippen LogP) is 1.48. The average Bonchev–Trinajstić information content (AvgIpc) is 2.51. The molecule has 0 aromatic carbocycles. The molecule has 1 saturated heterocycles. The predicted molar refractivity (Wildman–Crippen MR) is 82.9 cm³/mol. The van der Waals surface area contributed by atoms with Crippen molar-refractivity contribution in [3.05, 3.63) is 28.3 Å². The number of likely N-dealkylation sites (N-methyl/N-ethyl adjacent to an activating group) is 1. The number of rotatable bonds is 6. The van der Waals surface area contributed by atoms with E-state index in [2.05, 4.69) is 11.8 Å². The molecule has 2 heterocycles. The number of unbranched alkanes of at least 4 members (excludes halogenated alkanes) is 1. The summed E-state index contributed by atoms with van der Waals surface area (Å²) in [6.07, 6.45) is 4.23.